The van der Waals surface area contributed by atoms with Crippen molar-refractivity contribution in [3.05, 3.63) is 29.8 Å². The average molecular weight is 256 g/mol. The normalized spacial score (nSPS) is 22.2. The molecule has 1 aromatic carbocycles. The van der Waals surface area contributed by atoms with Crippen molar-refractivity contribution in [2.24, 2.45) is 5.92 Å². The molecule has 1 unspecified atom stereocenters. The van der Waals surface area contributed by atoms with Gasteiger partial charge in [0.05, 0.1) is 17.6 Å². The maximum atomic E-state index is 11.3. The van der Waals surface area contributed by atoms with Crippen LogP contribution in [0, 0.1) is 5.92 Å². The second-order valence-electron chi connectivity index (χ2n) is 4.53. The van der Waals surface area contributed by atoms with Crippen LogP contribution in [0.15, 0.2) is 24.3 Å². The van der Waals surface area contributed by atoms with Crippen LogP contribution in [0.4, 0.5) is 0 Å². The Morgan fingerprint density at radius 2 is 1.88 bits per heavy atom. The minimum absolute atomic E-state index is 0.0414. The van der Waals surface area contributed by atoms with Gasteiger partial charge in [-0.15, -0.1) is 0 Å². The molecule has 4 nitrogen and oxygen atoms in total. The van der Waals surface area contributed by atoms with Gasteiger partial charge in [-0.1, -0.05) is 12.1 Å². The molecule has 2 N–H and O–H groups in total. The Balaban J connectivity index is 2.09. The van der Waals surface area contributed by atoms with E-state index in [2.05, 4.69) is 0 Å². The Kier molecular flexibility index (Phi) is 3.40. The number of hydrogen-bond acceptors (Lipinski definition) is 4. The molecule has 5 heteroatoms. The fourth-order valence-corrected chi connectivity index (χ4v) is 3.73. The Morgan fingerprint density at radius 1 is 1.24 bits per heavy atom. The molecule has 0 aromatic heterocycles. The molecule has 94 valence electrons. The molecule has 0 radical (unpaired) electrons. The third-order valence-electron chi connectivity index (χ3n) is 3.26. The van der Waals surface area contributed by atoms with E-state index in [9.17, 15) is 18.6 Å². The summed E-state index contributed by atoms with van der Waals surface area (Å²) in [5, 5.41) is 19.5. The zero-order valence-corrected chi connectivity index (χ0v) is 10.2. The number of aromatic hydroxyl groups is 1. The lowest BCUT2D eigenvalue weighted by molar-refractivity contribution is 0.102. The number of phenols is 1. The fourth-order valence-electron chi connectivity index (χ4n) is 2.20. The van der Waals surface area contributed by atoms with E-state index in [0.717, 1.165) is 0 Å². The van der Waals surface area contributed by atoms with Crippen molar-refractivity contribution in [3.63, 3.8) is 0 Å². The van der Waals surface area contributed by atoms with Crippen LogP contribution in [-0.2, 0) is 9.84 Å². The first-order chi connectivity index (χ1) is 7.98. The van der Waals surface area contributed by atoms with Crippen molar-refractivity contribution >= 4 is 9.84 Å². The van der Waals surface area contributed by atoms with Crippen LogP contribution in [-0.4, -0.2) is 30.1 Å². The SMILES string of the molecule is O=S1(=O)CCC(C(O)c2cccc(O)c2)CC1. The first-order valence-electron chi connectivity index (χ1n) is 5.65. The molecular weight excluding hydrogens is 240 g/mol. The van der Waals surface area contributed by atoms with Crippen LogP contribution in [0.2, 0.25) is 0 Å². The van der Waals surface area contributed by atoms with Gasteiger partial charge in [-0.05, 0) is 36.5 Å². The zero-order valence-electron chi connectivity index (χ0n) is 9.41. The highest BCUT2D eigenvalue weighted by molar-refractivity contribution is 7.91. The van der Waals surface area contributed by atoms with Crippen LogP contribution in [0.25, 0.3) is 0 Å². The van der Waals surface area contributed by atoms with Crippen molar-refractivity contribution in [3.8, 4) is 5.75 Å². The molecule has 1 aliphatic heterocycles. The molecule has 1 atom stereocenters. The van der Waals surface area contributed by atoms with Crippen LogP contribution in [0.5, 0.6) is 5.75 Å². The van der Waals surface area contributed by atoms with Gasteiger partial charge in [-0.25, -0.2) is 8.42 Å². The Morgan fingerprint density at radius 3 is 2.47 bits per heavy atom. The third-order valence-corrected chi connectivity index (χ3v) is 4.97. The predicted molar refractivity (Wildman–Crippen MR) is 64.4 cm³/mol. The van der Waals surface area contributed by atoms with Gasteiger partial charge in [0.1, 0.15) is 15.6 Å². The van der Waals surface area contributed by atoms with E-state index >= 15 is 0 Å². The topological polar surface area (TPSA) is 74.6 Å². The lowest BCUT2D eigenvalue weighted by atomic mass is 9.91. The maximum Gasteiger partial charge on any atom is 0.150 e. The fraction of sp³-hybridized carbons (Fsp3) is 0.500. The number of aliphatic hydroxyl groups excluding tert-OH is 1. The number of aliphatic hydroxyl groups is 1. The van der Waals surface area contributed by atoms with Gasteiger partial charge in [-0.3, -0.25) is 0 Å². The summed E-state index contributed by atoms with van der Waals surface area (Å²) in [6.07, 6.45) is 0.274. The second kappa shape index (κ2) is 4.66. The number of sulfone groups is 1. The minimum atomic E-state index is -2.90. The highest BCUT2D eigenvalue weighted by Crippen LogP contribution is 2.32. The van der Waals surface area contributed by atoms with Gasteiger partial charge < -0.3 is 10.2 Å². The number of phenolic OH excluding ortho intramolecular Hbond substituents is 1. The van der Waals surface area contributed by atoms with Crippen molar-refractivity contribution in [2.75, 3.05) is 11.5 Å². The van der Waals surface area contributed by atoms with Crippen LogP contribution in [0.1, 0.15) is 24.5 Å². The van der Waals surface area contributed by atoms with Crippen molar-refractivity contribution in [1.82, 2.24) is 0 Å². The van der Waals surface area contributed by atoms with Gasteiger partial charge >= 0.3 is 0 Å². The summed E-state index contributed by atoms with van der Waals surface area (Å²) in [5.41, 5.74) is 0.647. The summed E-state index contributed by atoms with van der Waals surface area (Å²) in [6, 6.07) is 6.48. The highest BCUT2D eigenvalue weighted by Gasteiger charge is 2.29. The standard InChI is InChI=1S/C12H16O4S/c13-11-3-1-2-10(8-11)12(14)9-4-6-17(15,16)7-5-9/h1-3,8-9,12-14H,4-7H2. The van der Waals surface area contributed by atoms with E-state index in [-0.39, 0.29) is 23.2 Å². The molecule has 1 saturated heterocycles. The van der Waals surface area contributed by atoms with Crippen LogP contribution < -0.4 is 0 Å². The zero-order chi connectivity index (χ0) is 12.5. The summed E-state index contributed by atoms with van der Waals surface area (Å²) in [4.78, 5) is 0. The van der Waals surface area contributed by atoms with Crippen LogP contribution >= 0.6 is 0 Å². The summed E-state index contributed by atoms with van der Waals surface area (Å²) < 4.78 is 22.6. The molecule has 0 aliphatic carbocycles. The molecular formula is C12H16O4S. The van der Waals surface area contributed by atoms with E-state index in [0.29, 0.717) is 18.4 Å². The van der Waals surface area contributed by atoms with Gasteiger partial charge in [0, 0.05) is 0 Å². The molecule has 0 bridgehead atoms. The lowest BCUT2D eigenvalue weighted by Gasteiger charge is -2.26. The average Bonchev–Trinajstić information content (AvgIpc) is 2.28. The summed E-state index contributed by atoms with van der Waals surface area (Å²) in [5.74, 6) is 0.367. The summed E-state index contributed by atoms with van der Waals surface area (Å²) in [7, 11) is -2.90. The van der Waals surface area contributed by atoms with E-state index in [1.165, 1.54) is 6.07 Å². The number of benzene rings is 1. The molecule has 1 aromatic rings. The number of hydrogen-bond donors (Lipinski definition) is 2. The van der Waals surface area contributed by atoms with Gasteiger partial charge in [-0.2, -0.15) is 0 Å². The summed E-state index contributed by atoms with van der Waals surface area (Å²) >= 11 is 0. The van der Waals surface area contributed by atoms with Crippen molar-refractivity contribution < 1.29 is 18.6 Å². The maximum absolute atomic E-state index is 11.3. The summed E-state index contributed by atoms with van der Waals surface area (Å²) in [6.45, 7) is 0. The van der Waals surface area contributed by atoms with Crippen LogP contribution in [0.3, 0.4) is 0 Å². The molecule has 0 spiro atoms. The smallest absolute Gasteiger partial charge is 0.150 e. The van der Waals surface area contributed by atoms with E-state index in [1.807, 2.05) is 0 Å². The second-order valence-corrected chi connectivity index (χ2v) is 6.83. The largest absolute Gasteiger partial charge is 0.508 e. The lowest BCUT2D eigenvalue weighted by Crippen LogP contribution is -2.27. The van der Waals surface area contributed by atoms with Gasteiger partial charge in [0.2, 0.25) is 0 Å². The van der Waals surface area contributed by atoms with Crippen molar-refractivity contribution in [2.45, 2.75) is 18.9 Å². The first-order valence-corrected chi connectivity index (χ1v) is 7.47. The molecule has 1 heterocycles. The third kappa shape index (κ3) is 2.98. The Hall–Kier alpha value is -1.07. The van der Waals surface area contributed by atoms with E-state index < -0.39 is 15.9 Å². The number of rotatable bonds is 2. The molecule has 1 aliphatic rings. The molecule has 0 saturated carbocycles. The monoisotopic (exact) mass is 256 g/mol. The Labute approximate surface area is 101 Å². The predicted octanol–water partition coefficient (Wildman–Crippen LogP) is 1.25. The van der Waals surface area contributed by atoms with Crippen molar-refractivity contribution in [1.29, 1.82) is 0 Å². The minimum Gasteiger partial charge on any atom is -0.508 e. The molecule has 1 fully saturated rings. The first kappa shape index (κ1) is 12.4. The van der Waals surface area contributed by atoms with E-state index in [4.69, 9.17) is 0 Å². The quantitative estimate of drug-likeness (QED) is 0.835. The van der Waals surface area contributed by atoms with Gasteiger partial charge in [0.15, 0.2) is 0 Å². The molecule has 2 rings (SSSR count). The molecule has 0 amide bonds. The Bertz CT molecular complexity index is 481. The van der Waals surface area contributed by atoms with E-state index in [1.54, 1.807) is 18.2 Å². The highest BCUT2D eigenvalue weighted by atomic mass is 32.2. The molecule has 17 heavy (non-hydrogen) atoms. The van der Waals surface area contributed by atoms with Gasteiger partial charge in [0.25, 0.3) is 0 Å².